The number of nitrogens with one attached hydrogen (secondary N) is 1. The minimum atomic E-state index is 0.166. The molecule has 1 aliphatic heterocycles. The fourth-order valence-electron chi connectivity index (χ4n) is 2.88. The van der Waals surface area contributed by atoms with E-state index in [1.54, 1.807) is 6.20 Å². The molecule has 0 saturated carbocycles. The molecule has 1 N–H and O–H groups in total. The lowest BCUT2D eigenvalue weighted by atomic mass is 9.91. The Morgan fingerprint density at radius 3 is 2.86 bits per heavy atom. The van der Waals surface area contributed by atoms with Gasteiger partial charge in [0.2, 0.25) is 0 Å². The van der Waals surface area contributed by atoms with Crippen molar-refractivity contribution in [3.8, 4) is 5.75 Å². The van der Waals surface area contributed by atoms with Gasteiger partial charge in [-0.15, -0.1) is 0 Å². The predicted octanol–water partition coefficient (Wildman–Crippen LogP) is 3.33. The Balaban J connectivity index is 2.15. The number of rotatable bonds is 7. The van der Waals surface area contributed by atoms with Crippen LogP contribution in [0.3, 0.4) is 0 Å². The lowest BCUT2D eigenvalue weighted by molar-refractivity contribution is 0.117. The lowest BCUT2D eigenvalue weighted by Crippen LogP contribution is -2.29. The van der Waals surface area contributed by atoms with Gasteiger partial charge >= 0.3 is 0 Å². The molecule has 0 bridgehead atoms. The zero-order chi connectivity index (χ0) is 15.2. The van der Waals surface area contributed by atoms with Crippen LogP contribution in [-0.2, 0) is 4.74 Å². The van der Waals surface area contributed by atoms with E-state index in [4.69, 9.17) is 9.47 Å². The molecule has 1 aromatic rings. The van der Waals surface area contributed by atoms with Crippen molar-refractivity contribution in [2.24, 2.45) is 5.92 Å². The van der Waals surface area contributed by atoms with Gasteiger partial charge in [0.1, 0.15) is 5.75 Å². The van der Waals surface area contributed by atoms with Crippen molar-refractivity contribution in [1.29, 1.82) is 0 Å². The summed E-state index contributed by atoms with van der Waals surface area (Å²) in [4.78, 5) is 4.35. The second-order valence-corrected chi connectivity index (χ2v) is 6.19. The summed E-state index contributed by atoms with van der Waals surface area (Å²) in [6.45, 7) is 10.2. The quantitative estimate of drug-likeness (QED) is 0.837. The standard InChI is InChI=1S/C17H28N2O2/c1-5-6-19-17(15-7-13(4)20-11-15)14-8-16(10-18-9-14)21-12(2)3/h8-10,12-13,15,17,19H,5-7,11H2,1-4H3. The molecule has 3 unspecified atom stereocenters. The molecular weight excluding hydrogens is 264 g/mol. The van der Waals surface area contributed by atoms with Gasteiger partial charge < -0.3 is 14.8 Å². The minimum Gasteiger partial charge on any atom is -0.489 e. The van der Waals surface area contributed by atoms with E-state index in [0.717, 1.165) is 31.7 Å². The van der Waals surface area contributed by atoms with Crippen molar-refractivity contribution >= 4 is 0 Å². The van der Waals surface area contributed by atoms with Crippen LogP contribution >= 0.6 is 0 Å². The van der Waals surface area contributed by atoms with Crippen molar-refractivity contribution < 1.29 is 9.47 Å². The maximum absolute atomic E-state index is 5.77. The molecule has 0 amide bonds. The topological polar surface area (TPSA) is 43.4 Å². The van der Waals surface area contributed by atoms with E-state index >= 15 is 0 Å². The first-order chi connectivity index (χ1) is 10.1. The number of nitrogens with zero attached hydrogens (tertiary/aromatic N) is 1. The molecule has 21 heavy (non-hydrogen) atoms. The normalized spacial score (nSPS) is 23.5. The van der Waals surface area contributed by atoms with E-state index in [0.29, 0.717) is 12.0 Å². The number of aromatic nitrogens is 1. The van der Waals surface area contributed by atoms with Gasteiger partial charge in [-0.05, 0) is 51.8 Å². The van der Waals surface area contributed by atoms with Crippen LogP contribution in [0.4, 0.5) is 0 Å². The average molecular weight is 292 g/mol. The Morgan fingerprint density at radius 1 is 1.43 bits per heavy atom. The highest BCUT2D eigenvalue weighted by Crippen LogP contribution is 2.32. The van der Waals surface area contributed by atoms with E-state index < -0.39 is 0 Å². The number of pyridine rings is 1. The van der Waals surface area contributed by atoms with Crippen molar-refractivity contribution in [3.63, 3.8) is 0 Å². The summed E-state index contributed by atoms with van der Waals surface area (Å²) in [5, 5.41) is 3.65. The minimum absolute atomic E-state index is 0.166. The molecule has 3 atom stereocenters. The van der Waals surface area contributed by atoms with Crippen molar-refractivity contribution in [2.75, 3.05) is 13.2 Å². The molecule has 0 aliphatic carbocycles. The summed E-state index contributed by atoms with van der Waals surface area (Å²) in [6.07, 6.45) is 6.46. The molecule has 1 aliphatic rings. The first-order valence-corrected chi connectivity index (χ1v) is 8.06. The molecule has 0 aromatic carbocycles. The van der Waals surface area contributed by atoms with Gasteiger partial charge in [0.05, 0.1) is 25.0 Å². The average Bonchev–Trinajstić information content (AvgIpc) is 2.85. The summed E-state index contributed by atoms with van der Waals surface area (Å²) >= 11 is 0. The van der Waals surface area contributed by atoms with Gasteiger partial charge in [0.25, 0.3) is 0 Å². The first-order valence-electron chi connectivity index (χ1n) is 8.06. The van der Waals surface area contributed by atoms with Crippen LogP contribution in [0.5, 0.6) is 5.75 Å². The largest absolute Gasteiger partial charge is 0.489 e. The molecule has 1 aromatic heterocycles. The number of hydrogen-bond acceptors (Lipinski definition) is 4. The SMILES string of the molecule is CCCNC(c1cncc(OC(C)C)c1)C1COC(C)C1. The van der Waals surface area contributed by atoms with E-state index in [9.17, 15) is 0 Å². The second kappa shape index (κ2) is 7.76. The molecular formula is C17H28N2O2. The zero-order valence-corrected chi connectivity index (χ0v) is 13.6. The van der Waals surface area contributed by atoms with Gasteiger partial charge in [0, 0.05) is 18.2 Å². The van der Waals surface area contributed by atoms with Crippen molar-refractivity contribution in [1.82, 2.24) is 10.3 Å². The molecule has 1 fully saturated rings. The maximum Gasteiger partial charge on any atom is 0.138 e. The fraction of sp³-hybridized carbons (Fsp3) is 0.706. The first kappa shape index (κ1) is 16.2. The highest BCUT2D eigenvalue weighted by atomic mass is 16.5. The zero-order valence-electron chi connectivity index (χ0n) is 13.6. The maximum atomic E-state index is 5.77. The number of ether oxygens (including phenoxy) is 2. The Hall–Kier alpha value is -1.13. The van der Waals surface area contributed by atoms with E-state index in [-0.39, 0.29) is 12.1 Å². The van der Waals surface area contributed by atoms with Crippen LogP contribution in [0.1, 0.15) is 52.1 Å². The van der Waals surface area contributed by atoms with Gasteiger partial charge in [-0.25, -0.2) is 0 Å². The molecule has 2 rings (SSSR count). The van der Waals surface area contributed by atoms with Crippen molar-refractivity contribution in [2.45, 2.75) is 58.8 Å². The molecule has 4 heteroatoms. The predicted molar refractivity (Wildman–Crippen MR) is 84.6 cm³/mol. The Morgan fingerprint density at radius 2 is 2.24 bits per heavy atom. The molecule has 2 heterocycles. The smallest absolute Gasteiger partial charge is 0.138 e. The van der Waals surface area contributed by atoms with Gasteiger partial charge in [-0.2, -0.15) is 0 Å². The van der Waals surface area contributed by atoms with Crippen LogP contribution in [-0.4, -0.2) is 30.3 Å². The molecule has 1 saturated heterocycles. The Labute approximate surface area is 128 Å². The summed E-state index contributed by atoms with van der Waals surface area (Å²) in [6, 6.07) is 2.40. The van der Waals surface area contributed by atoms with Gasteiger partial charge in [-0.1, -0.05) is 6.92 Å². The fourth-order valence-corrected chi connectivity index (χ4v) is 2.88. The van der Waals surface area contributed by atoms with Crippen LogP contribution in [0.15, 0.2) is 18.5 Å². The highest BCUT2D eigenvalue weighted by Gasteiger charge is 2.30. The van der Waals surface area contributed by atoms with E-state index in [1.165, 1.54) is 5.56 Å². The molecule has 0 radical (unpaired) electrons. The van der Waals surface area contributed by atoms with Crippen LogP contribution < -0.4 is 10.1 Å². The monoisotopic (exact) mass is 292 g/mol. The third-order valence-electron chi connectivity index (χ3n) is 3.78. The second-order valence-electron chi connectivity index (χ2n) is 6.19. The van der Waals surface area contributed by atoms with Gasteiger partial charge in [0.15, 0.2) is 0 Å². The molecule has 0 spiro atoms. The van der Waals surface area contributed by atoms with E-state index in [2.05, 4.69) is 30.2 Å². The summed E-state index contributed by atoms with van der Waals surface area (Å²) in [5.74, 6) is 1.35. The third kappa shape index (κ3) is 4.68. The third-order valence-corrected chi connectivity index (χ3v) is 3.78. The van der Waals surface area contributed by atoms with E-state index in [1.807, 2.05) is 20.0 Å². The highest BCUT2D eigenvalue weighted by molar-refractivity contribution is 5.27. The Kier molecular flexibility index (Phi) is 6.00. The summed E-state index contributed by atoms with van der Waals surface area (Å²) in [7, 11) is 0. The molecule has 118 valence electrons. The van der Waals surface area contributed by atoms with Crippen molar-refractivity contribution in [3.05, 3.63) is 24.0 Å². The number of hydrogen-bond donors (Lipinski definition) is 1. The summed E-state index contributed by atoms with van der Waals surface area (Å²) in [5.41, 5.74) is 1.20. The van der Waals surface area contributed by atoms with Crippen LogP contribution in [0, 0.1) is 5.92 Å². The van der Waals surface area contributed by atoms with Crippen LogP contribution in [0.2, 0.25) is 0 Å². The van der Waals surface area contributed by atoms with Gasteiger partial charge in [-0.3, -0.25) is 4.98 Å². The molecule has 4 nitrogen and oxygen atoms in total. The summed E-state index contributed by atoms with van der Waals surface area (Å²) < 4.78 is 11.5. The lowest BCUT2D eigenvalue weighted by Gasteiger charge is -2.24. The van der Waals surface area contributed by atoms with Crippen LogP contribution in [0.25, 0.3) is 0 Å². The Bertz CT molecular complexity index is 437.